The maximum absolute atomic E-state index is 11.2. The van der Waals surface area contributed by atoms with Crippen LogP contribution in [0, 0.1) is 0 Å². The molecule has 0 aliphatic rings. The average molecular weight is 156 g/mol. The van der Waals surface area contributed by atoms with Crippen LogP contribution in [0.5, 0.6) is 0 Å². The summed E-state index contributed by atoms with van der Waals surface area (Å²) in [7, 11) is 5.61. The molecule has 12 heavy (non-hydrogen) atoms. The topological polar surface area (TPSA) is 45.8 Å². The molecule has 56 valence electrons. The van der Waals surface area contributed by atoms with Crippen molar-refractivity contribution in [3.05, 3.63) is 35.0 Å². The van der Waals surface area contributed by atoms with Gasteiger partial charge in [-0.1, -0.05) is 5.46 Å². The predicted molar refractivity (Wildman–Crippen MR) is 47.8 cm³/mol. The molecule has 0 saturated heterocycles. The van der Waals surface area contributed by atoms with Crippen LogP contribution in [-0.4, -0.2) is 17.8 Å². The molecule has 2 aromatic rings. The quantitative estimate of drug-likeness (QED) is 0.533. The van der Waals surface area contributed by atoms with Crippen LogP contribution in [0.1, 0.15) is 0 Å². The van der Waals surface area contributed by atoms with Gasteiger partial charge in [-0.2, -0.15) is 0 Å². The number of aromatic nitrogens is 2. The van der Waals surface area contributed by atoms with E-state index in [1.54, 1.807) is 18.5 Å². The summed E-state index contributed by atoms with van der Waals surface area (Å²) in [6.07, 6.45) is 4.63. The van der Waals surface area contributed by atoms with E-state index in [-0.39, 0.29) is 5.56 Å². The Kier molecular flexibility index (Phi) is 1.47. The third-order valence-electron chi connectivity index (χ3n) is 1.74. The Balaban J connectivity index is 3.05. The molecule has 0 aromatic carbocycles. The molecule has 4 heteroatoms. The molecule has 0 fully saturated rings. The Morgan fingerprint density at radius 2 is 2.25 bits per heavy atom. The number of rotatable bonds is 0. The van der Waals surface area contributed by atoms with Crippen LogP contribution in [0.2, 0.25) is 0 Å². The minimum atomic E-state index is -0.137. The summed E-state index contributed by atoms with van der Waals surface area (Å²) in [4.78, 5) is 17.6. The molecule has 1 N–H and O–H groups in total. The second-order valence-corrected chi connectivity index (χ2v) is 2.49. The summed E-state index contributed by atoms with van der Waals surface area (Å²) in [6, 6.07) is 1.64. The van der Waals surface area contributed by atoms with Crippen molar-refractivity contribution in [2.45, 2.75) is 0 Å². The second kappa shape index (κ2) is 2.48. The van der Waals surface area contributed by atoms with Crippen molar-refractivity contribution in [3.8, 4) is 0 Å². The minimum absolute atomic E-state index is 0.137. The van der Waals surface area contributed by atoms with Gasteiger partial charge in [0, 0.05) is 17.8 Å². The van der Waals surface area contributed by atoms with Gasteiger partial charge in [0.05, 0.1) is 0 Å². The second-order valence-electron chi connectivity index (χ2n) is 2.49. The van der Waals surface area contributed by atoms with Crippen molar-refractivity contribution in [2.24, 2.45) is 0 Å². The number of hydrogen-bond donors (Lipinski definition) is 1. The monoisotopic (exact) mass is 156 g/mol. The van der Waals surface area contributed by atoms with Crippen LogP contribution in [-0.2, 0) is 0 Å². The number of H-pyrrole nitrogens is 1. The van der Waals surface area contributed by atoms with E-state index in [0.29, 0.717) is 16.2 Å². The standard InChI is InChI=1S/C8H5BN2O/c9-7-4-11-8(12)5-1-2-10-3-6(5)7/h1-4H,(H,11,12). The van der Waals surface area contributed by atoms with Crippen LogP contribution in [0.3, 0.4) is 0 Å². The first-order valence-corrected chi connectivity index (χ1v) is 3.50. The third kappa shape index (κ3) is 0.924. The number of nitrogens with one attached hydrogen (secondary N) is 1. The normalized spacial score (nSPS) is 10.3. The lowest BCUT2D eigenvalue weighted by atomic mass is 9.94. The zero-order valence-corrected chi connectivity index (χ0v) is 6.24. The maximum atomic E-state index is 11.2. The number of hydrogen-bond acceptors (Lipinski definition) is 2. The largest absolute Gasteiger partial charge is 0.329 e. The van der Waals surface area contributed by atoms with Crippen molar-refractivity contribution >= 4 is 24.1 Å². The highest BCUT2D eigenvalue weighted by Gasteiger charge is 1.98. The smallest absolute Gasteiger partial charge is 0.255 e. The Hall–Kier alpha value is -1.58. The zero-order chi connectivity index (χ0) is 8.55. The lowest BCUT2D eigenvalue weighted by Gasteiger charge is -1.98. The maximum Gasteiger partial charge on any atom is 0.255 e. The first kappa shape index (κ1) is 7.09. The molecular weight excluding hydrogens is 151 g/mol. The molecule has 2 rings (SSSR count). The number of nitrogens with zero attached hydrogens (tertiary/aromatic N) is 1. The number of pyridine rings is 2. The molecule has 0 aliphatic carbocycles. The van der Waals surface area contributed by atoms with Crippen LogP contribution in [0.4, 0.5) is 0 Å². The molecule has 0 spiro atoms. The molecular formula is C8H5BN2O. The van der Waals surface area contributed by atoms with Gasteiger partial charge in [0.1, 0.15) is 7.85 Å². The fourth-order valence-corrected chi connectivity index (χ4v) is 1.12. The van der Waals surface area contributed by atoms with E-state index in [4.69, 9.17) is 7.85 Å². The van der Waals surface area contributed by atoms with Gasteiger partial charge in [-0.05, 0) is 17.6 Å². The number of aromatic amines is 1. The SMILES string of the molecule is [B]c1c[nH]c(=O)c2ccncc12. The summed E-state index contributed by atoms with van der Waals surface area (Å²) in [6.45, 7) is 0. The molecule has 0 unspecified atom stereocenters. The Bertz CT molecular complexity index is 478. The van der Waals surface area contributed by atoms with Crippen LogP contribution < -0.4 is 11.0 Å². The highest BCUT2D eigenvalue weighted by atomic mass is 16.1. The summed E-state index contributed by atoms with van der Waals surface area (Å²) < 4.78 is 0. The predicted octanol–water partition coefficient (Wildman–Crippen LogP) is -0.283. The Labute approximate surface area is 69.9 Å². The van der Waals surface area contributed by atoms with Crippen LogP contribution in [0.25, 0.3) is 10.8 Å². The van der Waals surface area contributed by atoms with E-state index in [9.17, 15) is 4.79 Å². The molecule has 2 aromatic heterocycles. The lowest BCUT2D eigenvalue weighted by molar-refractivity contribution is 1.27. The highest BCUT2D eigenvalue weighted by Crippen LogP contribution is 2.01. The summed E-state index contributed by atoms with van der Waals surface area (Å²) in [5, 5.41) is 1.27. The van der Waals surface area contributed by atoms with Crippen LogP contribution >= 0.6 is 0 Å². The average Bonchev–Trinajstić information content (AvgIpc) is 2.12. The first-order valence-electron chi connectivity index (χ1n) is 3.50. The van der Waals surface area contributed by atoms with Gasteiger partial charge < -0.3 is 4.98 Å². The highest BCUT2D eigenvalue weighted by molar-refractivity contribution is 6.38. The van der Waals surface area contributed by atoms with Crippen molar-refractivity contribution in [2.75, 3.05) is 0 Å². The van der Waals surface area contributed by atoms with E-state index < -0.39 is 0 Å². The number of fused-ring (bicyclic) bond motifs is 1. The molecule has 0 aliphatic heterocycles. The molecule has 0 bridgehead atoms. The molecule has 3 nitrogen and oxygen atoms in total. The van der Waals surface area contributed by atoms with Crippen molar-refractivity contribution < 1.29 is 0 Å². The van der Waals surface area contributed by atoms with Gasteiger partial charge in [0.25, 0.3) is 5.56 Å². The Morgan fingerprint density at radius 1 is 1.42 bits per heavy atom. The van der Waals surface area contributed by atoms with Crippen molar-refractivity contribution in [1.29, 1.82) is 0 Å². The van der Waals surface area contributed by atoms with Gasteiger partial charge in [-0.15, -0.1) is 0 Å². The third-order valence-corrected chi connectivity index (χ3v) is 1.74. The van der Waals surface area contributed by atoms with Gasteiger partial charge in [-0.3, -0.25) is 9.78 Å². The van der Waals surface area contributed by atoms with Gasteiger partial charge in [0.15, 0.2) is 0 Å². The summed E-state index contributed by atoms with van der Waals surface area (Å²) in [5.74, 6) is 0. The van der Waals surface area contributed by atoms with Crippen LogP contribution in [0.15, 0.2) is 29.5 Å². The van der Waals surface area contributed by atoms with E-state index in [1.165, 1.54) is 6.20 Å². The molecule has 2 radical (unpaired) electrons. The fraction of sp³-hybridized carbons (Fsp3) is 0. The lowest BCUT2D eigenvalue weighted by Crippen LogP contribution is -2.15. The van der Waals surface area contributed by atoms with E-state index in [1.807, 2.05) is 0 Å². The fourth-order valence-electron chi connectivity index (χ4n) is 1.12. The Morgan fingerprint density at radius 3 is 3.00 bits per heavy atom. The summed E-state index contributed by atoms with van der Waals surface area (Å²) >= 11 is 0. The van der Waals surface area contributed by atoms with Gasteiger partial charge >= 0.3 is 0 Å². The molecule has 0 amide bonds. The van der Waals surface area contributed by atoms with E-state index in [0.717, 1.165) is 0 Å². The van der Waals surface area contributed by atoms with Crippen molar-refractivity contribution in [1.82, 2.24) is 9.97 Å². The van der Waals surface area contributed by atoms with Gasteiger partial charge in [-0.25, -0.2) is 0 Å². The van der Waals surface area contributed by atoms with Crippen molar-refractivity contribution in [3.63, 3.8) is 0 Å². The zero-order valence-electron chi connectivity index (χ0n) is 6.24. The van der Waals surface area contributed by atoms with E-state index in [2.05, 4.69) is 9.97 Å². The first-order chi connectivity index (χ1) is 5.79. The van der Waals surface area contributed by atoms with Gasteiger partial charge in [0.2, 0.25) is 0 Å². The summed E-state index contributed by atoms with van der Waals surface area (Å²) in [5.41, 5.74) is 0.402. The van der Waals surface area contributed by atoms with E-state index >= 15 is 0 Å². The molecule has 0 saturated carbocycles. The molecule has 0 atom stereocenters. The minimum Gasteiger partial charge on any atom is -0.329 e. The molecule has 2 heterocycles.